The quantitative estimate of drug-likeness (QED) is 0.680. The van der Waals surface area contributed by atoms with Crippen molar-refractivity contribution in [1.82, 2.24) is 4.90 Å². The summed E-state index contributed by atoms with van der Waals surface area (Å²) in [4.78, 5) is 13.2. The molecular formula is C14H19N3O4. The number of likely N-dealkylation sites (tertiary alicyclic amines) is 1. The van der Waals surface area contributed by atoms with Gasteiger partial charge in [-0.1, -0.05) is 0 Å². The SMILES string of the molecule is CC1CC(Nc2cc3c(cc2[N+](=O)[O-])OCO3)CCN1C. The number of hydrogen-bond donors (Lipinski definition) is 1. The molecule has 1 fully saturated rings. The van der Waals surface area contributed by atoms with E-state index in [2.05, 4.69) is 24.2 Å². The van der Waals surface area contributed by atoms with Crippen LogP contribution in [-0.2, 0) is 0 Å². The van der Waals surface area contributed by atoms with Crippen LogP contribution in [0.4, 0.5) is 11.4 Å². The third kappa shape index (κ3) is 2.73. The highest BCUT2D eigenvalue weighted by atomic mass is 16.7. The molecule has 21 heavy (non-hydrogen) atoms. The first-order valence-electron chi connectivity index (χ1n) is 7.09. The maximum Gasteiger partial charge on any atom is 0.296 e. The molecule has 2 atom stereocenters. The summed E-state index contributed by atoms with van der Waals surface area (Å²) < 4.78 is 10.5. The zero-order valence-electron chi connectivity index (χ0n) is 12.2. The zero-order chi connectivity index (χ0) is 15.0. The fourth-order valence-corrected chi connectivity index (χ4v) is 2.84. The Hall–Kier alpha value is -2.02. The van der Waals surface area contributed by atoms with Crippen molar-refractivity contribution in [3.63, 3.8) is 0 Å². The molecule has 1 aromatic rings. The van der Waals surface area contributed by atoms with Gasteiger partial charge in [0.1, 0.15) is 5.69 Å². The maximum atomic E-state index is 11.2. The van der Waals surface area contributed by atoms with Gasteiger partial charge < -0.3 is 19.7 Å². The Kier molecular flexibility index (Phi) is 3.59. The van der Waals surface area contributed by atoms with Crippen molar-refractivity contribution in [2.24, 2.45) is 0 Å². The number of nitro groups is 1. The largest absolute Gasteiger partial charge is 0.454 e. The van der Waals surface area contributed by atoms with Crippen molar-refractivity contribution in [2.45, 2.75) is 31.8 Å². The van der Waals surface area contributed by atoms with Crippen LogP contribution >= 0.6 is 0 Å². The molecule has 7 heteroatoms. The first kappa shape index (κ1) is 13.9. The topological polar surface area (TPSA) is 76.9 Å². The van der Waals surface area contributed by atoms with Gasteiger partial charge in [-0.25, -0.2) is 0 Å². The average molecular weight is 293 g/mol. The van der Waals surface area contributed by atoms with Crippen LogP contribution < -0.4 is 14.8 Å². The van der Waals surface area contributed by atoms with Crippen LogP contribution in [0.5, 0.6) is 11.5 Å². The van der Waals surface area contributed by atoms with Crippen LogP contribution in [0, 0.1) is 10.1 Å². The molecule has 0 bridgehead atoms. The summed E-state index contributed by atoms with van der Waals surface area (Å²) in [6, 6.07) is 3.80. The highest BCUT2D eigenvalue weighted by molar-refractivity contribution is 5.69. The maximum absolute atomic E-state index is 11.2. The van der Waals surface area contributed by atoms with Gasteiger partial charge in [-0.05, 0) is 26.8 Å². The summed E-state index contributed by atoms with van der Waals surface area (Å²) in [6.07, 6.45) is 1.93. The Morgan fingerprint density at radius 1 is 1.38 bits per heavy atom. The third-order valence-electron chi connectivity index (χ3n) is 4.26. The van der Waals surface area contributed by atoms with Crippen molar-refractivity contribution in [2.75, 3.05) is 25.7 Å². The molecule has 2 aliphatic rings. The van der Waals surface area contributed by atoms with Gasteiger partial charge in [-0.15, -0.1) is 0 Å². The first-order chi connectivity index (χ1) is 10.0. The monoisotopic (exact) mass is 293 g/mol. The number of rotatable bonds is 3. The van der Waals surface area contributed by atoms with E-state index in [0.717, 1.165) is 19.4 Å². The molecule has 1 saturated heterocycles. The van der Waals surface area contributed by atoms with E-state index >= 15 is 0 Å². The van der Waals surface area contributed by atoms with E-state index in [4.69, 9.17) is 9.47 Å². The fraction of sp³-hybridized carbons (Fsp3) is 0.571. The van der Waals surface area contributed by atoms with Gasteiger partial charge in [0.15, 0.2) is 11.5 Å². The molecule has 114 valence electrons. The van der Waals surface area contributed by atoms with E-state index in [1.54, 1.807) is 6.07 Å². The number of nitro benzene ring substituents is 1. The summed E-state index contributed by atoms with van der Waals surface area (Å²) >= 11 is 0. The molecule has 1 N–H and O–H groups in total. The Balaban J connectivity index is 1.83. The van der Waals surface area contributed by atoms with Crippen molar-refractivity contribution in [3.05, 3.63) is 22.2 Å². The van der Waals surface area contributed by atoms with Crippen LogP contribution in [0.1, 0.15) is 19.8 Å². The minimum atomic E-state index is -0.386. The number of nitrogens with one attached hydrogen (secondary N) is 1. The molecule has 0 amide bonds. The standard InChI is InChI=1S/C14H19N3O4/c1-9-5-10(3-4-16(9)2)15-11-6-13-14(21-8-20-13)7-12(11)17(18)19/h6-7,9-10,15H,3-5,8H2,1-2H3. The van der Waals surface area contributed by atoms with Gasteiger partial charge in [0.2, 0.25) is 6.79 Å². The second-order valence-corrected chi connectivity index (χ2v) is 5.67. The van der Waals surface area contributed by atoms with Gasteiger partial charge in [0.25, 0.3) is 5.69 Å². The molecule has 0 aromatic heterocycles. The molecule has 7 nitrogen and oxygen atoms in total. The van der Waals surface area contributed by atoms with E-state index in [9.17, 15) is 10.1 Å². The average Bonchev–Trinajstić information content (AvgIpc) is 2.89. The lowest BCUT2D eigenvalue weighted by Gasteiger charge is -2.35. The third-order valence-corrected chi connectivity index (χ3v) is 4.26. The van der Waals surface area contributed by atoms with Gasteiger partial charge in [0.05, 0.1) is 11.0 Å². The zero-order valence-corrected chi connectivity index (χ0v) is 12.2. The summed E-state index contributed by atoms with van der Waals surface area (Å²) in [7, 11) is 2.10. The summed E-state index contributed by atoms with van der Waals surface area (Å²) in [5, 5.41) is 14.5. The Morgan fingerprint density at radius 3 is 2.76 bits per heavy atom. The van der Waals surface area contributed by atoms with Crippen LogP contribution in [0.15, 0.2) is 12.1 Å². The lowest BCUT2D eigenvalue weighted by atomic mass is 9.98. The second-order valence-electron chi connectivity index (χ2n) is 5.67. The van der Waals surface area contributed by atoms with Crippen LogP contribution in [0.25, 0.3) is 0 Å². The van der Waals surface area contributed by atoms with E-state index < -0.39 is 0 Å². The smallest absolute Gasteiger partial charge is 0.296 e. The molecular weight excluding hydrogens is 274 g/mol. The van der Waals surface area contributed by atoms with Gasteiger partial charge in [-0.3, -0.25) is 10.1 Å². The van der Waals surface area contributed by atoms with Crippen molar-refractivity contribution in [1.29, 1.82) is 0 Å². The van der Waals surface area contributed by atoms with Crippen LogP contribution in [-0.4, -0.2) is 42.3 Å². The lowest BCUT2D eigenvalue weighted by molar-refractivity contribution is -0.384. The number of piperidine rings is 1. The molecule has 3 rings (SSSR count). The molecule has 0 spiro atoms. The van der Waals surface area contributed by atoms with Gasteiger partial charge in [-0.2, -0.15) is 0 Å². The van der Waals surface area contributed by atoms with E-state index in [1.165, 1.54) is 6.07 Å². The number of fused-ring (bicyclic) bond motifs is 1. The minimum Gasteiger partial charge on any atom is -0.454 e. The van der Waals surface area contributed by atoms with E-state index in [-0.39, 0.29) is 23.4 Å². The van der Waals surface area contributed by atoms with Crippen LogP contribution in [0.3, 0.4) is 0 Å². The van der Waals surface area contributed by atoms with Crippen LogP contribution in [0.2, 0.25) is 0 Å². The fourth-order valence-electron chi connectivity index (χ4n) is 2.84. The number of nitrogens with zero attached hydrogens (tertiary/aromatic N) is 2. The number of anilines is 1. The van der Waals surface area contributed by atoms with Gasteiger partial charge >= 0.3 is 0 Å². The predicted molar refractivity (Wildman–Crippen MR) is 78.0 cm³/mol. The first-order valence-corrected chi connectivity index (χ1v) is 7.09. The molecule has 0 saturated carbocycles. The molecule has 1 aromatic carbocycles. The van der Waals surface area contributed by atoms with E-state index in [1.807, 2.05) is 0 Å². The Bertz CT molecular complexity index is 563. The van der Waals surface area contributed by atoms with Crippen molar-refractivity contribution >= 4 is 11.4 Å². The molecule has 2 heterocycles. The highest BCUT2D eigenvalue weighted by Crippen LogP contribution is 2.41. The predicted octanol–water partition coefficient (Wildman–Crippen LogP) is 2.22. The molecule has 0 radical (unpaired) electrons. The lowest BCUT2D eigenvalue weighted by Crippen LogP contribution is -2.42. The molecule has 2 unspecified atom stereocenters. The molecule has 2 aliphatic heterocycles. The summed E-state index contributed by atoms with van der Waals surface area (Å²) in [5.74, 6) is 0.994. The normalized spacial score (nSPS) is 24.9. The number of ether oxygens (including phenoxy) is 2. The van der Waals surface area contributed by atoms with Gasteiger partial charge in [0, 0.05) is 24.7 Å². The summed E-state index contributed by atoms with van der Waals surface area (Å²) in [6.45, 7) is 3.26. The summed E-state index contributed by atoms with van der Waals surface area (Å²) in [5.41, 5.74) is 0.539. The number of benzene rings is 1. The minimum absolute atomic E-state index is 0.0332. The Labute approximate surface area is 123 Å². The van der Waals surface area contributed by atoms with E-state index in [0.29, 0.717) is 23.2 Å². The van der Waals surface area contributed by atoms with Crippen molar-refractivity contribution in [3.8, 4) is 11.5 Å². The second kappa shape index (κ2) is 5.40. The Morgan fingerprint density at radius 2 is 2.10 bits per heavy atom. The highest BCUT2D eigenvalue weighted by Gasteiger charge is 2.27. The molecule has 0 aliphatic carbocycles. The number of hydrogen-bond acceptors (Lipinski definition) is 6. The van der Waals surface area contributed by atoms with Crippen molar-refractivity contribution < 1.29 is 14.4 Å².